The summed E-state index contributed by atoms with van der Waals surface area (Å²) in [5, 5.41) is 17.1. The van der Waals surface area contributed by atoms with Crippen LogP contribution in [0.1, 0.15) is 25.0 Å². The van der Waals surface area contributed by atoms with Gasteiger partial charge in [-0.15, -0.1) is 0 Å². The molecule has 0 amide bonds. The minimum absolute atomic E-state index is 0.342. The normalized spacial score (nSPS) is 12.4. The number of hydrogen-bond donors (Lipinski definition) is 2. The maximum atomic E-state index is 10.4. The van der Waals surface area contributed by atoms with E-state index in [1.54, 1.807) is 0 Å². The second kappa shape index (κ2) is 11.8. The van der Waals surface area contributed by atoms with Crippen molar-refractivity contribution in [2.45, 2.75) is 39.3 Å². The standard InChI is InChI=1S/2C10H12O3/c2*1-8(10(11)12)13-7-9-5-3-2-4-6-9/h2*2-6,8H,7H2,1H3,(H,11,12). The zero-order valence-electron chi connectivity index (χ0n) is 14.9. The molecule has 0 aromatic heterocycles. The number of ether oxygens (including phenoxy) is 2. The Hall–Kier alpha value is -2.70. The monoisotopic (exact) mass is 360 g/mol. The second-order valence-electron chi connectivity index (χ2n) is 5.55. The van der Waals surface area contributed by atoms with Crippen LogP contribution in [0.3, 0.4) is 0 Å². The van der Waals surface area contributed by atoms with Gasteiger partial charge in [-0.3, -0.25) is 0 Å². The fourth-order valence-corrected chi connectivity index (χ4v) is 1.73. The first-order valence-corrected chi connectivity index (χ1v) is 8.16. The van der Waals surface area contributed by atoms with E-state index in [4.69, 9.17) is 19.7 Å². The highest BCUT2D eigenvalue weighted by Gasteiger charge is 2.10. The van der Waals surface area contributed by atoms with E-state index in [2.05, 4.69) is 0 Å². The number of aliphatic carboxylic acids is 2. The Morgan fingerprint density at radius 2 is 1.04 bits per heavy atom. The van der Waals surface area contributed by atoms with Gasteiger partial charge in [0.2, 0.25) is 0 Å². The lowest BCUT2D eigenvalue weighted by molar-refractivity contribution is -0.150. The molecule has 2 atom stereocenters. The molecule has 0 fully saturated rings. The van der Waals surface area contributed by atoms with Crippen LogP contribution in [0.5, 0.6) is 0 Å². The first-order valence-electron chi connectivity index (χ1n) is 8.16. The number of benzene rings is 2. The molecule has 0 aliphatic heterocycles. The van der Waals surface area contributed by atoms with Crippen LogP contribution < -0.4 is 0 Å². The molecule has 2 aromatic carbocycles. The average Bonchev–Trinajstić information content (AvgIpc) is 2.66. The van der Waals surface area contributed by atoms with E-state index in [1.807, 2.05) is 60.7 Å². The topological polar surface area (TPSA) is 93.1 Å². The molecule has 0 saturated carbocycles. The molecule has 0 aliphatic carbocycles. The van der Waals surface area contributed by atoms with Crippen molar-refractivity contribution >= 4 is 11.9 Å². The van der Waals surface area contributed by atoms with E-state index in [0.29, 0.717) is 13.2 Å². The van der Waals surface area contributed by atoms with Gasteiger partial charge in [-0.05, 0) is 25.0 Å². The van der Waals surface area contributed by atoms with E-state index in [9.17, 15) is 9.59 Å². The lowest BCUT2D eigenvalue weighted by Gasteiger charge is -2.07. The van der Waals surface area contributed by atoms with Crippen LogP contribution in [0.2, 0.25) is 0 Å². The van der Waals surface area contributed by atoms with Gasteiger partial charge in [0.1, 0.15) is 0 Å². The first kappa shape index (κ1) is 21.3. The highest BCUT2D eigenvalue weighted by molar-refractivity contribution is 5.72. The zero-order valence-corrected chi connectivity index (χ0v) is 14.9. The third kappa shape index (κ3) is 8.96. The van der Waals surface area contributed by atoms with Crippen LogP contribution in [0.25, 0.3) is 0 Å². The van der Waals surface area contributed by atoms with Crippen LogP contribution in [-0.4, -0.2) is 34.4 Å². The first-order chi connectivity index (χ1) is 12.4. The summed E-state index contributed by atoms with van der Waals surface area (Å²) in [6.07, 6.45) is -1.50. The molecule has 2 unspecified atom stereocenters. The van der Waals surface area contributed by atoms with Gasteiger partial charge in [0.05, 0.1) is 13.2 Å². The van der Waals surface area contributed by atoms with Gasteiger partial charge in [-0.25, -0.2) is 9.59 Å². The van der Waals surface area contributed by atoms with E-state index in [1.165, 1.54) is 13.8 Å². The van der Waals surface area contributed by atoms with Crippen LogP contribution in [0.15, 0.2) is 60.7 Å². The predicted molar refractivity (Wildman–Crippen MR) is 96.7 cm³/mol. The van der Waals surface area contributed by atoms with Gasteiger partial charge in [-0.1, -0.05) is 60.7 Å². The summed E-state index contributed by atoms with van der Waals surface area (Å²) >= 11 is 0. The Balaban J connectivity index is 0.000000260. The van der Waals surface area contributed by atoms with Crippen LogP contribution in [0.4, 0.5) is 0 Å². The molecule has 0 heterocycles. The summed E-state index contributed by atoms with van der Waals surface area (Å²) in [4.78, 5) is 20.8. The highest BCUT2D eigenvalue weighted by atomic mass is 16.5. The summed E-state index contributed by atoms with van der Waals surface area (Å²) in [5.74, 6) is -1.87. The summed E-state index contributed by atoms with van der Waals surface area (Å²) in [5.41, 5.74) is 1.96. The fraction of sp³-hybridized carbons (Fsp3) is 0.300. The van der Waals surface area contributed by atoms with E-state index in [-0.39, 0.29) is 0 Å². The number of carboxylic acids is 2. The molecule has 2 rings (SSSR count). The van der Waals surface area contributed by atoms with E-state index in [0.717, 1.165) is 11.1 Å². The van der Waals surface area contributed by atoms with Crippen LogP contribution in [0, 0.1) is 0 Å². The molecule has 0 bridgehead atoms. The summed E-state index contributed by atoms with van der Waals surface area (Å²) in [6.45, 7) is 3.72. The van der Waals surface area contributed by atoms with Crippen molar-refractivity contribution in [3.8, 4) is 0 Å². The largest absolute Gasteiger partial charge is 0.479 e. The van der Waals surface area contributed by atoms with Crippen molar-refractivity contribution in [2.75, 3.05) is 0 Å². The van der Waals surface area contributed by atoms with Crippen molar-refractivity contribution < 1.29 is 29.3 Å². The van der Waals surface area contributed by atoms with Crippen LogP contribution >= 0.6 is 0 Å². The quantitative estimate of drug-likeness (QED) is 0.750. The smallest absolute Gasteiger partial charge is 0.332 e. The predicted octanol–water partition coefficient (Wildman–Crippen LogP) is 3.35. The molecule has 6 heteroatoms. The Kier molecular flexibility index (Phi) is 9.67. The van der Waals surface area contributed by atoms with Gasteiger partial charge >= 0.3 is 11.9 Å². The van der Waals surface area contributed by atoms with Crippen molar-refractivity contribution in [3.63, 3.8) is 0 Å². The summed E-state index contributed by atoms with van der Waals surface area (Å²) in [7, 11) is 0. The average molecular weight is 360 g/mol. The zero-order chi connectivity index (χ0) is 19.4. The lowest BCUT2D eigenvalue weighted by Crippen LogP contribution is -2.19. The Labute approximate surface area is 153 Å². The molecule has 140 valence electrons. The highest BCUT2D eigenvalue weighted by Crippen LogP contribution is 2.03. The number of rotatable bonds is 8. The molecule has 0 aliphatic rings. The van der Waals surface area contributed by atoms with Gasteiger partial charge in [0.15, 0.2) is 12.2 Å². The van der Waals surface area contributed by atoms with Gasteiger partial charge < -0.3 is 19.7 Å². The molecule has 2 N–H and O–H groups in total. The molecule has 2 aromatic rings. The minimum Gasteiger partial charge on any atom is -0.479 e. The molecule has 0 saturated heterocycles. The SMILES string of the molecule is CC(OCc1ccccc1)C(=O)O.CC(OCc1ccccc1)C(=O)O. The molecule has 0 radical (unpaired) electrons. The van der Waals surface area contributed by atoms with Gasteiger partial charge in [0, 0.05) is 0 Å². The number of carbonyl (C=O) groups is 2. The molecule has 26 heavy (non-hydrogen) atoms. The molecular weight excluding hydrogens is 336 g/mol. The van der Waals surface area contributed by atoms with Crippen molar-refractivity contribution in [3.05, 3.63) is 71.8 Å². The molecular formula is C20H24O6. The van der Waals surface area contributed by atoms with Crippen molar-refractivity contribution in [1.82, 2.24) is 0 Å². The third-order valence-electron chi connectivity index (χ3n) is 3.38. The maximum absolute atomic E-state index is 10.4. The minimum atomic E-state index is -0.934. The molecule has 6 nitrogen and oxygen atoms in total. The van der Waals surface area contributed by atoms with E-state index < -0.39 is 24.1 Å². The lowest BCUT2D eigenvalue weighted by atomic mass is 10.2. The maximum Gasteiger partial charge on any atom is 0.332 e. The third-order valence-corrected chi connectivity index (χ3v) is 3.38. The van der Waals surface area contributed by atoms with Crippen molar-refractivity contribution in [1.29, 1.82) is 0 Å². The summed E-state index contributed by atoms with van der Waals surface area (Å²) in [6, 6.07) is 19.0. The Bertz CT molecular complexity index is 597. The molecule has 0 spiro atoms. The van der Waals surface area contributed by atoms with Crippen molar-refractivity contribution in [2.24, 2.45) is 0 Å². The van der Waals surface area contributed by atoms with Gasteiger partial charge in [-0.2, -0.15) is 0 Å². The Morgan fingerprint density at radius 3 is 1.31 bits per heavy atom. The second-order valence-corrected chi connectivity index (χ2v) is 5.55. The van der Waals surface area contributed by atoms with E-state index >= 15 is 0 Å². The Morgan fingerprint density at radius 1 is 0.731 bits per heavy atom. The van der Waals surface area contributed by atoms with Gasteiger partial charge in [0.25, 0.3) is 0 Å². The fourth-order valence-electron chi connectivity index (χ4n) is 1.73. The summed E-state index contributed by atoms with van der Waals surface area (Å²) < 4.78 is 10.2. The van der Waals surface area contributed by atoms with Crippen LogP contribution in [-0.2, 0) is 32.3 Å². The number of carboxylic acid groups (broad SMARTS) is 2. The number of hydrogen-bond acceptors (Lipinski definition) is 4.